The summed E-state index contributed by atoms with van der Waals surface area (Å²) in [5.74, 6) is -0.00426. The maximum Gasteiger partial charge on any atom is 0.162 e. The number of phenolic OH excluding ortho intramolecular Hbond substituents is 1. The van der Waals surface area contributed by atoms with Gasteiger partial charge in [-0.3, -0.25) is 15.8 Å². The third kappa shape index (κ3) is 6.33. The SMILES string of the molecule is CN(C(=N)SC(=N)c1cc(N=CC=CN)ccc1O)C1CC(C)(C)NC(C)(C)C1. The molecule has 0 aromatic heterocycles. The van der Waals surface area contributed by atoms with E-state index < -0.39 is 0 Å². The van der Waals surface area contributed by atoms with Gasteiger partial charge in [0, 0.05) is 30.4 Å². The van der Waals surface area contributed by atoms with Gasteiger partial charge >= 0.3 is 0 Å². The van der Waals surface area contributed by atoms with Crippen LogP contribution in [-0.2, 0) is 0 Å². The molecule has 0 saturated carbocycles. The number of allylic oxidation sites excluding steroid dienone is 1. The normalized spacial score (nSPS) is 18.9. The first-order valence-corrected chi connectivity index (χ1v) is 10.4. The summed E-state index contributed by atoms with van der Waals surface area (Å²) in [4.78, 5) is 6.16. The molecule has 0 atom stereocenters. The van der Waals surface area contributed by atoms with Gasteiger partial charge in [0.15, 0.2) is 5.17 Å². The Bertz CT molecular complexity index is 814. The minimum atomic E-state index is -0.0261. The molecule has 29 heavy (non-hydrogen) atoms. The quantitative estimate of drug-likeness (QED) is 0.377. The van der Waals surface area contributed by atoms with Gasteiger partial charge in [0.1, 0.15) is 10.8 Å². The molecule has 158 valence electrons. The Morgan fingerprint density at radius 3 is 2.48 bits per heavy atom. The molecular formula is C21H32N6OS. The number of thioether (sulfide) groups is 1. The predicted molar refractivity (Wildman–Crippen MR) is 124 cm³/mol. The van der Waals surface area contributed by atoms with E-state index in [9.17, 15) is 5.11 Å². The molecule has 6 N–H and O–H groups in total. The van der Waals surface area contributed by atoms with Crippen LogP contribution in [0.15, 0.2) is 35.5 Å². The van der Waals surface area contributed by atoms with Gasteiger partial charge in [-0.1, -0.05) is 0 Å². The van der Waals surface area contributed by atoms with E-state index in [4.69, 9.17) is 16.6 Å². The number of nitrogens with two attached hydrogens (primary N) is 1. The molecule has 0 bridgehead atoms. The highest BCUT2D eigenvalue weighted by Crippen LogP contribution is 2.33. The lowest BCUT2D eigenvalue weighted by Crippen LogP contribution is -2.62. The zero-order valence-electron chi connectivity index (χ0n) is 17.8. The van der Waals surface area contributed by atoms with Gasteiger partial charge in [0.2, 0.25) is 0 Å². The zero-order chi connectivity index (χ0) is 21.8. The van der Waals surface area contributed by atoms with Crippen LogP contribution in [0, 0.1) is 10.8 Å². The Balaban J connectivity index is 2.12. The van der Waals surface area contributed by atoms with Crippen molar-refractivity contribution in [1.82, 2.24) is 10.2 Å². The monoisotopic (exact) mass is 416 g/mol. The van der Waals surface area contributed by atoms with Crippen LogP contribution < -0.4 is 11.1 Å². The molecule has 1 aliphatic heterocycles. The third-order valence-electron chi connectivity index (χ3n) is 4.88. The topological polar surface area (TPSA) is 122 Å². The molecule has 0 unspecified atom stereocenters. The zero-order valence-corrected chi connectivity index (χ0v) is 18.6. The Kier molecular flexibility index (Phi) is 7.13. The molecule has 1 aliphatic rings. The number of hydrogen-bond acceptors (Lipinski definition) is 7. The summed E-state index contributed by atoms with van der Waals surface area (Å²) in [6, 6.07) is 5.00. The Morgan fingerprint density at radius 1 is 1.28 bits per heavy atom. The summed E-state index contributed by atoms with van der Waals surface area (Å²) in [6.07, 6.45) is 6.34. The van der Waals surface area contributed by atoms with Gasteiger partial charge in [-0.15, -0.1) is 0 Å². The van der Waals surface area contributed by atoms with Crippen molar-refractivity contribution in [3.05, 3.63) is 36.0 Å². The predicted octanol–water partition coefficient (Wildman–Crippen LogP) is 3.80. The van der Waals surface area contributed by atoms with Crippen molar-refractivity contribution in [3.8, 4) is 5.75 Å². The largest absolute Gasteiger partial charge is 0.507 e. The fourth-order valence-corrected chi connectivity index (χ4v) is 4.66. The number of phenols is 1. The minimum Gasteiger partial charge on any atom is -0.507 e. The summed E-state index contributed by atoms with van der Waals surface area (Å²) < 4.78 is 0. The summed E-state index contributed by atoms with van der Waals surface area (Å²) >= 11 is 1.03. The molecule has 2 rings (SSSR count). The molecule has 1 saturated heterocycles. The lowest BCUT2D eigenvalue weighted by Gasteiger charge is -2.49. The highest BCUT2D eigenvalue weighted by molar-refractivity contribution is 8.26. The van der Waals surface area contributed by atoms with E-state index in [1.165, 1.54) is 12.3 Å². The van der Waals surface area contributed by atoms with Crippen LogP contribution in [0.5, 0.6) is 5.75 Å². The van der Waals surface area contributed by atoms with Gasteiger partial charge in [-0.25, -0.2) is 0 Å². The van der Waals surface area contributed by atoms with Crippen LogP contribution in [0.3, 0.4) is 0 Å². The van der Waals surface area contributed by atoms with Gasteiger partial charge in [0.05, 0.1) is 11.3 Å². The first-order valence-electron chi connectivity index (χ1n) is 9.55. The molecule has 0 spiro atoms. The molecule has 0 aliphatic carbocycles. The lowest BCUT2D eigenvalue weighted by molar-refractivity contribution is 0.114. The third-order valence-corrected chi connectivity index (χ3v) is 5.79. The Labute approximate surface area is 177 Å². The maximum atomic E-state index is 10.2. The van der Waals surface area contributed by atoms with E-state index >= 15 is 0 Å². The number of piperidine rings is 1. The number of rotatable bonds is 4. The first-order chi connectivity index (χ1) is 13.4. The van der Waals surface area contributed by atoms with E-state index in [2.05, 4.69) is 38.0 Å². The molecule has 1 aromatic rings. The number of benzene rings is 1. The van der Waals surface area contributed by atoms with Crippen LogP contribution in [0.4, 0.5) is 5.69 Å². The van der Waals surface area contributed by atoms with E-state index in [1.54, 1.807) is 24.4 Å². The van der Waals surface area contributed by atoms with Crippen LogP contribution in [0.2, 0.25) is 0 Å². The average molecular weight is 417 g/mol. The second kappa shape index (κ2) is 9.00. The van der Waals surface area contributed by atoms with Gasteiger partial charge in [0.25, 0.3) is 0 Å². The second-order valence-electron chi connectivity index (χ2n) is 8.67. The molecule has 1 heterocycles. The number of aliphatic imine (C=N–C) groups is 1. The van der Waals surface area contributed by atoms with Crippen LogP contribution >= 0.6 is 11.8 Å². The Hall–Kier alpha value is -2.32. The minimum absolute atomic E-state index is 0.00426. The molecule has 8 heteroatoms. The summed E-state index contributed by atoms with van der Waals surface area (Å²) in [7, 11) is 1.91. The van der Waals surface area contributed by atoms with Crippen molar-refractivity contribution >= 4 is 33.9 Å². The second-order valence-corrected chi connectivity index (χ2v) is 9.67. The highest BCUT2D eigenvalue weighted by atomic mass is 32.2. The molecule has 0 radical (unpaired) electrons. The fraction of sp³-hybridized carbons (Fsp3) is 0.476. The molecule has 1 aromatic carbocycles. The van der Waals surface area contributed by atoms with E-state index in [0.717, 1.165) is 24.6 Å². The maximum absolute atomic E-state index is 10.2. The first kappa shape index (κ1) is 23.0. The van der Waals surface area contributed by atoms with Gasteiger partial charge in [-0.05, 0) is 82.8 Å². The number of amidine groups is 1. The number of nitrogens with one attached hydrogen (secondary N) is 3. The van der Waals surface area contributed by atoms with Crippen molar-refractivity contribution in [2.45, 2.75) is 57.7 Å². The van der Waals surface area contributed by atoms with Gasteiger partial charge in [-0.2, -0.15) is 0 Å². The van der Waals surface area contributed by atoms with E-state index in [-0.39, 0.29) is 33.1 Å². The molecule has 0 amide bonds. The van der Waals surface area contributed by atoms with Crippen molar-refractivity contribution in [2.75, 3.05) is 7.05 Å². The lowest BCUT2D eigenvalue weighted by atomic mass is 9.79. The van der Waals surface area contributed by atoms with Crippen LogP contribution in [-0.4, -0.2) is 50.6 Å². The average Bonchev–Trinajstić information content (AvgIpc) is 2.59. The number of nitrogens with zero attached hydrogens (tertiary/aromatic N) is 2. The van der Waals surface area contributed by atoms with E-state index in [0.29, 0.717) is 11.3 Å². The summed E-state index contributed by atoms with van der Waals surface area (Å²) in [5.41, 5.74) is 6.19. The van der Waals surface area contributed by atoms with Crippen molar-refractivity contribution in [1.29, 1.82) is 10.8 Å². The summed E-state index contributed by atoms with van der Waals surface area (Å²) in [6.45, 7) is 8.71. The van der Waals surface area contributed by atoms with Crippen LogP contribution in [0.25, 0.3) is 0 Å². The van der Waals surface area contributed by atoms with E-state index in [1.807, 2.05) is 11.9 Å². The van der Waals surface area contributed by atoms with Gasteiger partial charge < -0.3 is 21.1 Å². The van der Waals surface area contributed by atoms with Crippen LogP contribution in [0.1, 0.15) is 46.1 Å². The number of aromatic hydroxyl groups is 1. The highest BCUT2D eigenvalue weighted by Gasteiger charge is 2.39. The fourth-order valence-electron chi connectivity index (χ4n) is 3.90. The molecular weight excluding hydrogens is 384 g/mol. The smallest absolute Gasteiger partial charge is 0.162 e. The van der Waals surface area contributed by atoms with Crippen molar-refractivity contribution < 1.29 is 5.11 Å². The van der Waals surface area contributed by atoms with Crippen molar-refractivity contribution in [2.24, 2.45) is 10.7 Å². The molecule has 1 fully saturated rings. The number of hydrogen-bond donors (Lipinski definition) is 5. The molecule has 7 nitrogen and oxygen atoms in total. The van der Waals surface area contributed by atoms with Crippen molar-refractivity contribution in [3.63, 3.8) is 0 Å². The summed E-state index contributed by atoms with van der Waals surface area (Å²) in [5, 5.41) is 31.2. The Morgan fingerprint density at radius 2 is 1.90 bits per heavy atom. The standard InChI is InChI=1S/C21H32N6OS/c1-20(2)12-15(13-21(3,4)26-20)27(5)19(24)29-18(23)16-11-14(7-8-17(16)28)25-10-6-9-22/h6-11,15,23-24,26,28H,12-13,22H2,1-5H3.